The van der Waals surface area contributed by atoms with E-state index in [0.717, 1.165) is 10.0 Å². The summed E-state index contributed by atoms with van der Waals surface area (Å²) < 4.78 is 18.4. The molecule has 0 atom stereocenters. The van der Waals surface area contributed by atoms with E-state index in [1.165, 1.54) is 0 Å². The standard InChI is InChI=1S/C14H12BrNO4/c1-16-4-2-3-11(16)14(17)18-7-9-5-12-13(6-10(9)15)20-8-19-12/h2-6H,7-8H2,1H3. The summed E-state index contributed by atoms with van der Waals surface area (Å²) in [4.78, 5) is 11.9. The van der Waals surface area contributed by atoms with Crippen molar-refractivity contribution in [2.45, 2.75) is 6.61 Å². The van der Waals surface area contributed by atoms with Gasteiger partial charge in [0.25, 0.3) is 0 Å². The van der Waals surface area contributed by atoms with E-state index in [2.05, 4.69) is 15.9 Å². The van der Waals surface area contributed by atoms with Gasteiger partial charge in [-0.2, -0.15) is 0 Å². The van der Waals surface area contributed by atoms with Crippen molar-refractivity contribution in [2.75, 3.05) is 6.79 Å². The lowest BCUT2D eigenvalue weighted by molar-refractivity contribution is 0.0460. The average Bonchev–Trinajstić information content (AvgIpc) is 3.04. The fourth-order valence-corrected chi connectivity index (χ4v) is 2.40. The van der Waals surface area contributed by atoms with Gasteiger partial charge in [0.05, 0.1) is 0 Å². The number of rotatable bonds is 3. The molecule has 0 N–H and O–H groups in total. The maximum atomic E-state index is 11.9. The third kappa shape index (κ3) is 2.38. The van der Waals surface area contributed by atoms with Crippen molar-refractivity contribution in [1.29, 1.82) is 0 Å². The van der Waals surface area contributed by atoms with Gasteiger partial charge >= 0.3 is 5.97 Å². The van der Waals surface area contributed by atoms with Crippen LogP contribution in [0.25, 0.3) is 0 Å². The molecular formula is C14H12BrNO4. The van der Waals surface area contributed by atoms with Crippen LogP contribution in [0, 0.1) is 0 Å². The number of esters is 1. The Morgan fingerprint density at radius 2 is 2.15 bits per heavy atom. The summed E-state index contributed by atoms with van der Waals surface area (Å²) in [7, 11) is 1.80. The van der Waals surface area contributed by atoms with Crippen molar-refractivity contribution >= 4 is 21.9 Å². The molecule has 0 aliphatic carbocycles. The predicted octanol–water partition coefficient (Wildman–Crippen LogP) is 2.87. The Bertz CT molecular complexity index is 665. The molecule has 2 heterocycles. The Morgan fingerprint density at radius 1 is 1.40 bits per heavy atom. The zero-order valence-corrected chi connectivity index (χ0v) is 12.3. The summed E-state index contributed by atoms with van der Waals surface area (Å²) >= 11 is 3.43. The summed E-state index contributed by atoms with van der Waals surface area (Å²) in [5, 5.41) is 0. The van der Waals surface area contributed by atoms with Crippen molar-refractivity contribution in [2.24, 2.45) is 7.05 Å². The maximum absolute atomic E-state index is 11.9. The lowest BCUT2D eigenvalue weighted by Gasteiger charge is -2.08. The van der Waals surface area contributed by atoms with Crippen molar-refractivity contribution in [1.82, 2.24) is 4.57 Å². The number of ether oxygens (including phenoxy) is 3. The molecule has 0 saturated heterocycles. The van der Waals surface area contributed by atoms with Crippen LogP contribution in [0.5, 0.6) is 11.5 Å². The highest BCUT2D eigenvalue weighted by molar-refractivity contribution is 9.10. The largest absolute Gasteiger partial charge is 0.456 e. The molecule has 5 nitrogen and oxygen atoms in total. The van der Waals surface area contributed by atoms with Crippen LogP contribution in [0.3, 0.4) is 0 Å². The quantitative estimate of drug-likeness (QED) is 0.808. The van der Waals surface area contributed by atoms with Crippen molar-refractivity contribution < 1.29 is 19.0 Å². The molecule has 1 aliphatic heterocycles. The maximum Gasteiger partial charge on any atom is 0.355 e. The molecule has 1 aromatic heterocycles. The molecule has 1 aliphatic rings. The van der Waals surface area contributed by atoms with E-state index in [0.29, 0.717) is 17.2 Å². The Kier molecular flexibility index (Phi) is 3.40. The topological polar surface area (TPSA) is 49.7 Å². The van der Waals surface area contributed by atoms with Gasteiger partial charge in [-0.15, -0.1) is 0 Å². The molecule has 3 rings (SSSR count). The third-order valence-corrected chi connectivity index (χ3v) is 3.79. The average molecular weight is 338 g/mol. The van der Waals surface area contributed by atoms with Gasteiger partial charge in [-0.25, -0.2) is 4.79 Å². The summed E-state index contributed by atoms with van der Waals surface area (Å²) in [6, 6.07) is 7.14. The summed E-state index contributed by atoms with van der Waals surface area (Å²) in [5.74, 6) is 0.995. The van der Waals surface area contributed by atoms with E-state index in [9.17, 15) is 4.79 Å². The summed E-state index contributed by atoms with van der Waals surface area (Å²) in [5.41, 5.74) is 1.35. The van der Waals surface area contributed by atoms with E-state index < -0.39 is 0 Å². The van der Waals surface area contributed by atoms with E-state index in [1.54, 1.807) is 29.9 Å². The first-order chi connectivity index (χ1) is 9.65. The number of hydrogen-bond donors (Lipinski definition) is 0. The number of hydrogen-bond acceptors (Lipinski definition) is 4. The lowest BCUT2D eigenvalue weighted by atomic mass is 10.2. The zero-order chi connectivity index (χ0) is 14.1. The van der Waals surface area contributed by atoms with Crippen LogP contribution in [0.4, 0.5) is 0 Å². The molecule has 0 bridgehead atoms. The number of nitrogens with zero attached hydrogens (tertiary/aromatic N) is 1. The molecule has 2 aromatic rings. The van der Waals surface area contributed by atoms with Gasteiger partial charge in [-0.05, 0) is 24.3 Å². The molecule has 1 aromatic carbocycles. The molecule has 0 saturated carbocycles. The Balaban J connectivity index is 1.73. The highest BCUT2D eigenvalue weighted by Gasteiger charge is 2.17. The van der Waals surface area contributed by atoms with Gasteiger partial charge in [0, 0.05) is 23.3 Å². The summed E-state index contributed by atoms with van der Waals surface area (Å²) in [6.45, 7) is 0.385. The van der Waals surface area contributed by atoms with E-state index in [4.69, 9.17) is 14.2 Å². The van der Waals surface area contributed by atoms with Gasteiger partial charge in [-0.3, -0.25) is 0 Å². The first-order valence-electron chi connectivity index (χ1n) is 6.01. The number of carbonyl (C=O) groups excluding carboxylic acids is 1. The fraction of sp³-hybridized carbons (Fsp3) is 0.214. The zero-order valence-electron chi connectivity index (χ0n) is 10.8. The molecule has 104 valence electrons. The first-order valence-corrected chi connectivity index (χ1v) is 6.81. The lowest BCUT2D eigenvalue weighted by Crippen LogP contribution is -2.09. The monoisotopic (exact) mass is 337 g/mol. The summed E-state index contributed by atoms with van der Waals surface area (Å²) in [6.07, 6.45) is 1.80. The van der Waals surface area contributed by atoms with Crippen molar-refractivity contribution in [3.05, 3.63) is 46.2 Å². The van der Waals surface area contributed by atoms with Crippen LogP contribution in [-0.2, 0) is 18.4 Å². The number of aromatic nitrogens is 1. The highest BCUT2D eigenvalue weighted by atomic mass is 79.9. The highest BCUT2D eigenvalue weighted by Crippen LogP contribution is 2.37. The van der Waals surface area contributed by atoms with Crippen LogP contribution in [-0.4, -0.2) is 17.3 Å². The molecule has 0 fully saturated rings. The van der Waals surface area contributed by atoms with Crippen molar-refractivity contribution in [3.8, 4) is 11.5 Å². The first kappa shape index (κ1) is 13.1. The number of halogens is 1. The number of aryl methyl sites for hydroxylation is 1. The smallest absolute Gasteiger partial charge is 0.355 e. The SMILES string of the molecule is Cn1cccc1C(=O)OCc1cc2c(cc1Br)OCO2. The van der Waals surface area contributed by atoms with Crippen LogP contribution in [0.1, 0.15) is 16.1 Å². The Morgan fingerprint density at radius 3 is 2.85 bits per heavy atom. The molecule has 0 radical (unpaired) electrons. The molecule has 0 spiro atoms. The number of fused-ring (bicyclic) bond motifs is 1. The van der Waals surface area contributed by atoms with Crippen LogP contribution < -0.4 is 9.47 Å². The van der Waals surface area contributed by atoms with Gasteiger partial charge in [0.15, 0.2) is 11.5 Å². The normalized spacial score (nSPS) is 12.5. The van der Waals surface area contributed by atoms with Crippen LogP contribution >= 0.6 is 15.9 Å². The van der Waals surface area contributed by atoms with Crippen LogP contribution in [0.15, 0.2) is 34.9 Å². The van der Waals surface area contributed by atoms with Gasteiger partial charge in [0.2, 0.25) is 6.79 Å². The molecule has 0 amide bonds. The second kappa shape index (κ2) is 5.20. The van der Waals surface area contributed by atoms with Gasteiger partial charge in [-0.1, -0.05) is 15.9 Å². The van der Waals surface area contributed by atoms with Gasteiger partial charge in [0.1, 0.15) is 12.3 Å². The molecule has 0 unspecified atom stereocenters. The number of benzene rings is 1. The predicted molar refractivity (Wildman–Crippen MR) is 74.8 cm³/mol. The fourth-order valence-electron chi connectivity index (χ4n) is 1.96. The van der Waals surface area contributed by atoms with Crippen LogP contribution in [0.2, 0.25) is 0 Å². The Hall–Kier alpha value is -1.95. The van der Waals surface area contributed by atoms with Crippen molar-refractivity contribution in [3.63, 3.8) is 0 Å². The molecular weight excluding hydrogens is 326 g/mol. The van der Waals surface area contributed by atoms with E-state index >= 15 is 0 Å². The second-order valence-corrected chi connectivity index (χ2v) is 5.23. The molecule has 20 heavy (non-hydrogen) atoms. The number of carbonyl (C=O) groups is 1. The minimum Gasteiger partial charge on any atom is -0.456 e. The van der Waals surface area contributed by atoms with Gasteiger partial charge < -0.3 is 18.8 Å². The minimum absolute atomic E-state index is 0.168. The molecule has 6 heteroatoms. The van der Waals surface area contributed by atoms with E-state index in [-0.39, 0.29) is 19.4 Å². The minimum atomic E-state index is -0.359. The van der Waals surface area contributed by atoms with E-state index in [1.807, 2.05) is 12.1 Å². The Labute approximate surface area is 124 Å². The third-order valence-electron chi connectivity index (χ3n) is 3.05. The second-order valence-electron chi connectivity index (χ2n) is 4.38.